The SMILES string of the molecule is Cc1cccc(S(=O)(=O)N2CCCC(COc3ccc(Cl)c(C)c3)(CC(=O)N3CCCCC3)C2)c1. The van der Waals surface area contributed by atoms with E-state index in [0.717, 1.165) is 49.9 Å². The van der Waals surface area contributed by atoms with Crippen molar-refractivity contribution in [1.29, 1.82) is 0 Å². The third-order valence-corrected chi connectivity index (χ3v) is 9.43. The number of benzene rings is 2. The molecule has 2 aliphatic rings. The van der Waals surface area contributed by atoms with Gasteiger partial charge in [0.05, 0.1) is 11.5 Å². The Hall–Kier alpha value is -2.09. The van der Waals surface area contributed by atoms with Crippen LogP contribution in [0.5, 0.6) is 5.75 Å². The summed E-state index contributed by atoms with van der Waals surface area (Å²) in [6.45, 7) is 6.33. The minimum Gasteiger partial charge on any atom is -0.493 e. The highest BCUT2D eigenvalue weighted by Crippen LogP contribution is 2.38. The zero-order chi connectivity index (χ0) is 25.1. The van der Waals surface area contributed by atoms with Crippen molar-refractivity contribution in [3.63, 3.8) is 0 Å². The van der Waals surface area contributed by atoms with E-state index in [0.29, 0.717) is 28.6 Å². The van der Waals surface area contributed by atoms with Crippen LogP contribution < -0.4 is 4.74 Å². The van der Waals surface area contributed by atoms with E-state index >= 15 is 0 Å². The zero-order valence-corrected chi connectivity index (χ0v) is 22.2. The summed E-state index contributed by atoms with van der Waals surface area (Å²) in [6, 6.07) is 12.5. The first kappa shape index (κ1) is 26.0. The lowest BCUT2D eigenvalue weighted by atomic mass is 9.78. The number of rotatable bonds is 7. The molecule has 4 rings (SSSR count). The van der Waals surface area contributed by atoms with Crippen molar-refractivity contribution in [2.45, 2.75) is 57.3 Å². The summed E-state index contributed by atoms with van der Waals surface area (Å²) in [4.78, 5) is 15.6. The number of halogens is 1. The summed E-state index contributed by atoms with van der Waals surface area (Å²) in [5.41, 5.74) is 1.21. The fraction of sp³-hybridized carbons (Fsp3) is 0.519. The zero-order valence-electron chi connectivity index (χ0n) is 20.6. The Kier molecular flexibility index (Phi) is 8.09. The molecule has 2 aliphatic heterocycles. The van der Waals surface area contributed by atoms with Gasteiger partial charge in [0.15, 0.2) is 0 Å². The molecule has 2 saturated heterocycles. The number of aryl methyl sites for hydroxylation is 2. The van der Waals surface area contributed by atoms with E-state index < -0.39 is 15.4 Å². The number of ether oxygens (including phenoxy) is 1. The molecule has 1 amide bonds. The van der Waals surface area contributed by atoms with Gasteiger partial charge in [-0.2, -0.15) is 4.31 Å². The van der Waals surface area contributed by atoms with E-state index in [2.05, 4.69) is 0 Å². The van der Waals surface area contributed by atoms with Gasteiger partial charge in [0.1, 0.15) is 5.75 Å². The van der Waals surface area contributed by atoms with Crippen molar-refractivity contribution in [3.05, 3.63) is 58.6 Å². The summed E-state index contributed by atoms with van der Waals surface area (Å²) in [5, 5.41) is 0.667. The Morgan fingerprint density at radius 1 is 1.03 bits per heavy atom. The quantitative estimate of drug-likeness (QED) is 0.504. The highest BCUT2D eigenvalue weighted by atomic mass is 35.5. The van der Waals surface area contributed by atoms with Crippen LogP contribution >= 0.6 is 11.6 Å². The molecule has 8 heteroatoms. The van der Waals surface area contributed by atoms with Crippen molar-refractivity contribution >= 4 is 27.5 Å². The van der Waals surface area contributed by atoms with Gasteiger partial charge in [-0.15, -0.1) is 0 Å². The summed E-state index contributed by atoms with van der Waals surface area (Å²) in [7, 11) is -3.68. The van der Waals surface area contributed by atoms with Gasteiger partial charge in [0.25, 0.3) is 0 Å². The predicted molar refractivity (Wildman–Crippen MR) is 138 cm³/mol. The molecule has 2 heterocycles. The van der Waals surface area contributed by atoms with Crippen LogP contribution in [0.25, 0.3) is 0 Å². The number of hydrogen-bond donors (Lipinski definition) is 0. The molecule has 2 fully saturated rings. The second-order valence-electron chi connectivity index (χ2n) is 10.1. The van der Waals surface area contributed by atoms with Gasteiger partial charge in [-0.1, -0.05) is 23.7 Å². The summed E-state index contributed by atoms with van der Waals surface area (Å²) in [6.07, 6.45) is 4.89. The van der Waals surface area contributed by atoms with Gasteiger partial charge in [0, 0.05) is 43.0 Å². The highest BCUT2D eigenvalue weighted by molar-refractivity contribution is 7.89. The van der Waals surface area contributed by atoms with Gasteiger partial charge in [-0.05, 0) is 87.4 Å². The maximum Gasteiger partial charge on any atom is 0.243 e. The minimum absolute atomic E-state index is 0.0930. The van der Waals surface area contributed by atoms with Crippen molar-refractivity contribution in [2.24, 2.45) is 5.41 Å². The van der Waals surface area contributed by atoms with Crippen molar-refractivity contribution in [1.82, 2.24) is 9.21 Å². The molecule has 0 spiro atoms. The van der Waals surface area contributed by atoms with E-state index in [9.17, 15) is 13.2 Å². The van der Waals surface area contributed by atoms with Crippen LogP contribution in [-0.4, -0.2) is 56.3 Å². The molecular weight excluding hydrogens is 484 g/mol. The monoisotopic (exact) mass is 518 g/mol. The van der Waals surface area contributed by atoms with Gasteiger partial charge in [-0.25, -0.2) is 8.42 Å². The number of likely N-dealkylation sites (tertiary alicyclic amines) is 1. The van der Waals surface area contributed by atoms with Crippen LogP contribution in [0.3, 0.4) is 0 Å². The van der Waals surface area contributed by atoms with E-state index in [-0.39, 0.29) is 25.5 Å². The van der Waals surface area contributed by atoms with Gasteiger partial charge in [-0.3, -0.25) is 4.79 Å². The Morgan fingerprint density at radius 3 is 2.51 bits per heavy atom. The highest BCUT2D eigenvalue weighted by Gasteiger charge is 2.43. The number of nitrogens with zero attached hydrogens (tertiary/aromatic N) is 2. The number of piperidine rings is 2. The maximum absolute atomic E-state index is 13.5. The maximum atomic E-state index is 13.5. The van der Waals surface area contributed by atoms with E-state index in [1.165, 1.54) is 0 Å². The first-order valence-electron chi connectivity index (χ1n) is 12.4. The van der Waals surface area contributed by atoms with Crippen molar-refractivity contribution in [2.75, 3.05) is 32.8 Å². The first-order valence-corrected chi connectivity index (χ1v) is 14.2. The average Bonchev–Trinajstić information content (AvgIpc) is 2.85. The van der Waals surface area contributed by atoms with Crippen molar-refractivity contribution < 1.29 is 17.9 Å². The minimum atomic E-state index is -3.68. The molecule has 0 saturated carbocycles. The molecule has 0 aromatic heterocycles. The second kappa shape index (κ2) is 10.9. The fourth-order valence-electron chi connectivity index (χ4n) is 5.13. The van der Waals surface area contributed by atoms with Crippen LogP contribution in [0.2, 0.25) is 5.02 Å². The Morgan fingerprint density at radius 2 is 1.80 bits per heavy atom. The van der Waals surface area contributed by atoms with Gasteiger partial charge < -0.3 is 9.64 Å². The largest absolute Gasteiger partial charge is 0.493 e. The van der Waals surface area contributed by atoms with Crippen LogP contribution in [-0.2, 0) is 14.8 Å². The van der Waals surface area contributed by atoms with E-state index in [1.807, 2.05) is 36.9 Å². The Bertz CT molecular complexity index is 1160. The molecule has 1 unspecified atom stereocenters. The molecule has 35 heavy (non-hydrogen) atoms. The normalized spacial score (nSPS) is 21.6. The molecule has 6 nitrogen and oxygen atoms in total. The number of carbonyl (C=O) groups excluding carboxylic acids is 1. The summed E-state index contributed by atoms with van der Waals surface area (Å²) >= 11 is 6.17. The van der Waals surface area contributed by atoms with E-state index in [4.69, 9.17) is 16.3 Å². The predicted octanol–water partition coefficient (Wildman–Crippen LogP) is 5.21. The third kappa shape index (κ3) is 6.19. The third-order valence-electron chi connectivity index (χ3n) is 7.16. The molecule has 0 aliphatic carbocycles. The number of hydrogen-bond acceptors (Lipinski definition) is 4. The molecule has 0 N–H and O–H groups in total. The molecule has 0 radical (unpaired) electrons. The van der Waals surface area contributed by atoms with Crippen LogP contribution in [0.4, 0.5) is 0 Å². The van der Waals surface area contributed by atoms with Gasteiger partial charge in [0.2, 0.25) is 15.9 Å². The lowest BCUT2D eigenvalue weighted by Crippen LogP contribution is -2.51. The molecule has 190 valence electrons. The Labute approximate surface area is 214 Å². The summed E-state index contributed by atoms with van der Waals surface area (Å²) in [5.74, 6) is 0.769. The molecular formula is C27H35ClN2O4S. The lowest BCUT2D eigenvalue weighted by molar-refractivity contribution is -0.136. The molecule has 2 aromatic rings. The Balaban J connectivity index is 1.59. The van der Waals surface area contributed by atoms with E-state index in [1.54, 1.807) is 28.6 Å². The number of sulfonamides is 1. The van der Waals surface area contributed by atoms with Gasteiger partial charge >= 0.3 is 0 Å². The summed E-state index contributed by atoms with van der Waals surface area (Å²) < 4.78 is 34.8. The molecule has 2 aromatic carbocycles. The standard InChI is InChI=1S/C27H35ClN2O4S/c1-21-8-6-9-24(16-21)35(32,33)30-15-7-12-27(19-30,18-26(31)29-13-4-3-5-14-29)20-34-23-10-11-25(28)22(2)17-23/h6,8-11,16-17H,3-5,7,12-15,18-20H2,1-2H3. The molecule has 1 atom stereocenters. The lowest BCUT2D eigenvalue weighted by Gasteiger charge is -2.42. The second-order valence-corrected chi connectivity index (χ2v) is 12.4. The smallest absolute Gasteiger partial charge is 0.243 e. The number of carbonyl (C=O) groups is 1. The fourth-order valence-corrected chi connectivity index (χ4v) is 6.94. The van der Waals surface area contributed by atoms with Crippen LogP contribution in [0.1, 0.15) is 49.7 Å². The topological polar surface area (TPSA) is 66.9 Å². The first-order chi connectivity index (χ1) is 16.7. The molecule has 0 bridgehead atoms. The van der Waals surface area contributed by atoms with Crippen LogP contribution in [0, 0.1) is 19.3 Å². The van der Waals surface area contributed by atoms with Crippen molar-refractivity contribution in [3.8, 4) is 5.75 Å². The van der Waals surface area contributed by atoms with Crippen LogP contribution in [0.15, 0.2) is 47.4 Å². The number of amides is 1. The average molecular weight is 519 g/mol.